The highest BCUT2D eigenvalue weighted by atomic mass is 16.5. The quantitative estimate of drug-likeness (QED) is 0.526. The van der Waals surface area contributed by atoms with Crippen LogP contribution in [0.4, 0.5) is 0 Å². The first-order valence-corrected chi connectivity index (χ1v) is 8.14. The molecular formula is C19H28O4. The van der Waals surface area contributed by atoms with Crippen molar-refractivity contribution in [2.45, 2.75) is 47.0 Å². The van der Waals surface area contributed by atoms with Gasteiger partial charge in [-0.1, -0.05) is 37.3 Å². The molecule has 4 nitrogen and oxygen atoms in total. The molecule has 0 amide bonds. The Kier molecular flexibility index (Phi) is 7.79. The van der Waals surface area contributed by atoms with Gasteiger partial charge in [-0.3, -0.25) is 9.59 Å². The molecular weight excluding hydrogens is 292 g/mol. The monoisotopic (exact) mass is 320 g/mol. The average molecular weight is 320 g/mol. The van der Waals surface area contributed by atoms with Crippen LogP contribution in [0.5, 0.6) is 0 Å². The first-order valence-electron chi connectivity index (χ1n) is 8.14. The van der Waals surface area contributed by atoms with Crippen molar-refractivity contribution in [3.8, 4) is 0 Å². The molecule has 23 heavy (non-hydrogen) atoms. The average Bonchev–Trinajstić information content (AvgIpc) is 2.51. The van der Waals surface area contributed by atoms with E-state index in [0.717, 1.165) is 18.4 Å². The molecule has 4 heteroatoms. The third kappa shape index (κ3) is 7.82. The third-order valence-electron chi connectivity index (χ3n) is 3.48. The standard InChI is InChI=1S/C19H28O4/c1-15(10-8-9-13-22-18(21)19(2,3)4)17(20)23-14-16-11-6-5-7-12-16/h5-6,8-9,11,15H,7,10,12-14H2,1-4H3/b9-8+. The summed E-state index contributed by atoms with van der Waals surface area (Å²) in [7, 11) is 0. The molecule has 0 aromatic rings. The number of hydrogen-bond acceptors (Lipinski definition) is 4. The Balaban J connectivity index is 2.22. The van der Waals surface area contributed by atoms with E-state index in [4.69, 9.17) is 9.47 Å². The van der Waals surface area contributed by atoms with Crippen molar-refractivity contribution in [3.05, 3.63) is 36.0 Å². The van der Waals surface area contributed by atoms with Gasteiger partial charge in [-0.2, -0.15) is 0 Å². The largest absolute Gasteiger partial charge is 0.461 e. The number of carbonyl (C=O) groups is 2. The summed E-state index contributed by atoms with van der Waals surface area (Å²) < 4.78 is 10.4. The summed E-state index contributed by atoms with van der Waals surface area (Å²) in [4.78, 5) is 23.5. The zero-order chi connectivity index (χ0) is 17.3. The molecule has 1 atom stereocenters. The Morgan fingerprint density at radius 3 is 2.61 bits per heavy atom. The van der Waals surface area contributed by atoms with Gasteiger partial charge in [0.05, 0.1) is 11.3 Å². The zero-order valence-electron chi connectivity index (χ0n) is 14.6. The minimum Gasteiger partial charge on any atom is -0.461 e. The highest BCUT2D eigenvalue weighted by Gasteiger charge is 2.22. The molecule has 1 aliphatic carbocycles. The highest BCUT2D eigenvalue weighted by molar-refractivity contribution is 5.75. The summed E-state index contributed by atoms with van der Waals surface area (Å²) in [6, 6.07) is 0. The second-order valence-electron chi connectivity index (χ2n) is 6.86. The normalized spacial score (nSPS) is 16.1. The van der Waals surface area contributed by atoms with Crippen LogP contribution < -0.4 is 0 Å². The van der Waals surface area contributed by atoms with Gasteiger partial charge in [-0.25, -0.2) is 0 Å². The van der Waals surface area contributed by atoms with Gasteiger partial charge in [0.15, 0.2) is 0 Å². The van der Waals surface area contributed by atoms with Crippen LogP contribution in [-0.4, -0.2) is 25.2 Å². The maximum Gasteiger partial charge on any atom is 0.311 e. The van der Waals surface area contributed by atoms with Gasteiger partial charge < -0.3 is 9.47 Å². The van der Waals surface area contributed by atoms with Crippen molar-refractivity contribution in [1.29, 1.82) is 0 Å². The summed E-state index contributed by atoms with van der Waals surface area (Å²) in [5, 5.41) is 0. The van der Waals surface area contributed by atoms with Gasteiger partial charge in [0.2, 0.25) is 0 Å². The maximum absolute atomic E-state index is 11.9. The first kappa shape index (κ1) is 19.2. The maximum atomic E-state index is 11.9. The molecule has 0 fully saturated rings. The van der Waals surface area contributed by atoms with E-state index in [1.807, 2.05) is 45.9 Å². The number of allylic oxidation sites excluding steroid dienone is 4. The van der Waals surface area contributed by atoms with E-state index < -0.39 is 5.41 Å². The lowest BCUT2D eigenvalue weighted by molar-refractivity contribution is -0.151. The molecule has 0 N–H and O–H groups in total. The van der Waals surface area contributed by atoms with Gasteiger partial charge >= 0.3 is 11.9 Å². The molecule has 0 saturated carbocycles. The van der Waals surface area contributed by atoms with Gasteiger partial charge in [0.25, 0.3) is 0 Å². The smallest absolute Gasteiger partial charge is 0.311 e. The van der Waals surface area contributed by atoms with E-state index >= 15 is 0 Å². The molecule has 128 valence electrons. The fourth-order valence-electron chi connectivity index (χ4n) is 1.88. The molecule has 0 heterocycles. The molecule has 0 bridgehead atoms. The molecule has 0 radical (unpaired) electrons. The lowest BCUT2D eigenvalue weighted by Gasteiger charge is -2.15. The van der Waals surface area contributed by atoms with E-state index in [0.29, 0.717) is 13.0 Å². The molecule has 0 spiro atoms. The van der Waals surface area contributed by atoms with Crippen molar-refractivity contribution >= 4 is 11.9 Å². The number of hydrogen-bond donors (Lipinski definition) is 0. The van der Waals surface area contributed by atoms with Crippen molar-refractivity contribution in [2.24, 2.45) is 11.3 Å². The van der Waals surface area contributed by atoms with Gasteiger partial charge in [0, 0.05) is 0 Å². The van der Waals surface area contributed by atoms with E-state index in [9.17, 15) is 9.59 Å². The summed E-state index contributed by atoms with van der Waals surface area (Å²) in [5.74, 6) is -0.634. The van der Waals surface area contributed by atoms with Crippen molar-refractivity contribution in [3.63, 3.8) is 0 Å². The molecule has 1 aliphatic rings. The number of carbonyl (C=O) groups excluding carboxylic acids is 2. The first-order chi connectivity index (χ1) is 10.8. The van der Waals surface area contributed by atoms with Crippen LogP contribution in [-0.2, 0) is 19.1 Å². The minimum atomic E-state index is -0.492. The lowest BCUT2D eigenvalue weighted by atomic mass is 9.97. The number of ether oxygens (including phenoxy) is 2. The van der Waals surface area contributed by atoms with E-state index in [1.54, 1.807) is 6.08 Å². The summed E-state index contributed by atoms with van der Waals surface area (Å²) >= 11 is 0. The summed E-state index contributed by atoms with van der Waals surface area (Å²) in [6.45, 7) is 7.89. The van der Waals surface area contributed by atoms with Crippen molar-refractivity contribution in [1.82, 2.24) is 0 Å². The van der Waals surface area contributed by atoms with Crippen molar-refractivity contribution < 1.29 is 19.1 Å². The minimum absolute atomic E-state index is 0.197. The fraction of sp³-hybridized carbons (Fsp3) is 0.579. The fourth-order valence-corrected chi connectivity index (χ4v) is 1.88. The Morgan fingerprint density at radius 2 is 2.00 bits per heavy atom. The Morgan fingerprint density at radius 1 is 1.26 bits per heavy atom. The predicted molar refractivity (Wildman–Crippen MR) is 90.8 cm³/mol. The molecule has 0 saturated heterocycles. The Hall–Kier alpha value is -1.84. The molecule has 1 unspecified atom stereocenters. The summed E-state index contributed by atoms with van der Waals surface area (Å²) in [5.41, 5.74) is 0.659. The second-order valence-corrected chi connectivity index (χ2v) is 6.86. The van der Waals surface area contributed by atoms with Gasteiger partial charge in [0.1, 0.15) is 13.2 Å². The van der Waals surface area contributed by atoms with Crippen LogP contribution in [0.2, 0.25) is 0 Å². The Bertz CT molecular complexity index is 492. The van der Waals surface area contributed by atoms with Crippen LogP contribution >= 0.6 is 0 Å². The van der Waals surface area contributed by atoms with Crippen LogP contribution in [0.25, 0.3) is 0 Å². The molecule has 0 aliphatic heterocycles. The van der Waals surface area contributed by atoms with E-state index in [-0.39, 0.29) is 24.5 Å². The van der Waals surface area contributed by atoms with Crippen molar-refractivity contribution in [2.75, 3.05) is 13.2 Å². The number of esters is 2. The van der Waals surface area contributed by atoms with Crippen LogP contribution in [0, 0.1) is 11.3 Å². The van der Waals surface area contributed by atoms with Crippen LogP contribution in [0.15, 0.2) is 36.0 Å². The van der Waals surface area contributed by atoms with Gasteiger partial charge in [-0.05, 0) is 45.6 Å². The predicted octanol–water partition coefficient (Wildman–Crippen LogP) is 3.98. The molecule has 0 aromatic carbocycles. The van der Waals surface area contributed by atoms with Crippen LogP contribution in [0.1, 0.15) is 47.0 Å². The molecule has 1 rings (SSSR count). The zero-order valence-corrected chi connectivity index (χ0v) is 14.6. The van der Waals surface area contributed by atoms with E-state index in [2.05, 4.69) is 6.08 Å². The summed E-state index contributed by atoms with van der Waals surface area (Å²) in [6.07, 6.45) is 12.3. The number of rotatable bonds is 7. The SMILES string of the molecule is CC(C/C=C/COC(=O)C(C)(C)C)C(=O)OCC1=CC=CCC1. The van der Waals surface area contributed by atoms with Gasteiger partial charge in [-0.15, -0.1) is 0 Å². The highest BCUT2D eigenvalue weighted by Crippen LogP contribution is 2.15. The second kappa shape index (κ2) is 9.33. The third-order valence-corrected chi connectivity index (χ3v) is 3.48. The lowest BCUT2D eigenvalue weighted by Crippen LogP contribution is -2.22. The van der Waals surface area contributed by atoms with E-state index in [1.165, 1.54) is 0 Å². The molecule has 0 aromatic heterocycles. The Labute approximate surface area is 139 Å². The topological polar surface area (TPSA) is 52.6 Å². The van der Waals surface area contributed by atoms with Crippen LogP contribution in [0.3, 0.4) is 0 Å².